The summed E-state index contributed by atoms with van der Waals surface area (Å²) in [5.41, 5.74) is 0. The lowest BCUT2D eigenvalue weighted by Crippen LogP contribution is -2.02. The average molecular weight is 205 g/mol. The van der Waals surface area contributed by atoms with E-state index in [4.69, 9.17) is 16.7 Å². The van der Waals surface area contributed by atoms with Gasteiger partial charge in [-0.2, -0.15) is 0 Å². The zero-order valence-corrected chi connectivity index (χ0v) is 8.14. The summed E-state index contributed by atoms with van der Waals surface area (Å²) in [5.74, 6) is 0. The molecule has 0 spiro atoms. The number of nitrogens with zero attached hydrogens (tertiary/aromatic N) is 2. The molecule has 0 amide bonds. The van der Waals surface area contributed by atoms with E-state index in [1.54, 1.807) is 6.07 Å². The molecule has 0 radical (unpaired) electrons. The molecule has 66 valence electrons. The highest BCUT2D eigenvalue weighted by atomic mass is 35.5. The van der Waals surface area contributed by atoms with E-state index in [-0.39, 0.29) is 11.9 Å². The Bertz CT molecular complexity index is 259. The summed E-state index contributed by atoms with van der Waals surface area (Å²) in [7, 11) is 0. The van der Waals surface area contributed by atoms with Crippen LogP contribution in [0.5, 0.6) is 0 Å². The van der Waals surface area contributed by atoms with Crippen LogP contribution in [-0.2, 0) is 0 Å². The van der Waals surface area contributed by atoms with Gasteiger partial charge in [0.2, 0.25) is 0 Å². The third-order valence-corrected chi connectivity index (χ3v) is 2.41. The fourth-order valence-electron chi connectivity index (χ4n) is 0.625. The Hall–Kier alpha value is -0.320. The third-order valence-electron chi connectivity index (χ3n) is 1.19. The van der Waals surface area contributed by atoms with Crippen LogP contribution in [0.25, 0.3) is 0 Å². The molecule has 1 rings (SSSR count). The summed E-state index contributed by atoms with van der Waals surface area (Å²) in [6.07, 6.45) is 1.41. The molecule has 0 aliphatic rings. The Kier molecular flexibility index (Phi) is 3.78. The Morgan fingerprint density at radius 2 is 2.42 bits per heavy atom. The van der Waals surface area contributed by atoms with Crippen LogP contribution in [0.1, 0.15) is 6.92 Å². The number of aliphatic hydroxyl groups excluding tert-OH is 1. The molecule has 0 fully saturated rings. The Morgan fingerprint density at radius 3 is 3.00 bits per heavy atom. The van der Waals surface area contributed by atoms with Crippen molar-refractivity contribution >= 4 is 23.4 Å². The lowest BCUT2D eigenvalue weighted by molar-refractivity contribution is 0.300. The minimum absolute atomic E-state index is 0.131. The molecule has 1 atom stereocenters. The Morgan fingerprint density at radius 1 is 1.67 bits per heavy atom. The quantitative estimate of drug-likeness (QED) is 0.600. The highest BCUT2D eigenvalue weighted by Gasteiger charge is 2.03. The van der Waals surface area contributed by atoms with E-state index in [1.165, 1.54) is 18.1 Å². The first kappa shape index (κ1) is 9.77. The highest BCUT2D eigenvalue weighted by molar-refractivity contribution is 7.99. The molecule has 12 heavy (non-hydrogen) atoms. The molecule has 1 unspecified atom stereocenters. The summed E-state index contributed by atoms with van der Waals surface area (Å²) in [5, 5.41) is 10.1. The largest absolute Gasteiger partial charge is 0.395 e. The summed E-state index contributed by atoms with van der Waals surface area (Å²) in [4.78, 5) is 7.74. The smallest absolute Gasteiger partial charge is 0.133 e. The van der Waals surface area contributed by atoms with Gasteiger partial charge in [-0.05, 0) is 0 Å². The maximum absolute atomic E-state index is 8.77. The Balaban J connectivity index is 2.63. The number of hydrogen-bond donors (Lipinski definition) is 1. The van der Waals surface area contributed by atoms with Gasteiger partial charge >= 0.3 is 0 Å². The molecule has 3 nitrogen and oxygen atoms in total. The van der Waals surface area contributed by atoms with Gasteiger partial charge in [0, 0.05) is 11.3 Å². The molecular formula is C7H9ClN2OS. The van der Waals surface area contributed by atoms with Crippen molar-refractivity contribution in [1.82, 2.24) is 9.97 Å². The number of halogens is 1. The summed E-state index contributed by atoms with van der Waals surface area (Å²) in [6, 6.07) is 1.68. The first-order valence-corrected chi connectivity index (χ1v) is 4.73. The average Bonchev–Trinajstić information content (AvgIpc) is 2.04. The molecule has 0 aliphatic carbocycles. The second-order valence-electron chi connectivity index (χ2n) is 2.29. The molecular weight excluding hydrogens is 196 g/mol. The van der Waals surface area contributed by atoms with Crippen molar-refractivity contribution < 1.29 is 5.11 Å². The highest BCUT2D eigenvalue weighted by Crippen LogP contribution is 2.21. The zero-order chi connectivity index (χ0) is 8.97. The first-order valence-electron chi connectivity index (χ1n) is 3.47. The van der Waals surface area contributed by atoms with Gasteiger partial charge < -0.3 is 5.11 Å². The summed E-state index contributed by atoms with van der Waals surface area (Å²) in [6.45, 7) is 2.05. The monoisotopic (exact) mass is 204 g/mol. The van der Waals surface area contributed by atoms with Gasteiger partial charge in [-0.3, -0.25) is 0 Å². The lowest BCUT2D eigenvalue weighted by Gasteiger charge is -2.05. The fraction of sp³-hybridized carbons (Fsp3) is 0.429. The van der Waals surface area contributed by atoms with Gasteiger partial charge in [-0.25, -0.2) is 9.97 Å². The predicted octanol–water partition coefficient (Wildman–Crippen LogP) is 1.60. The maximum Gasteiger partial charge on any atom is 0.133 e. The van der Waals surface area contributed by atoms with Crippen LogP contribution in [0.15, 0.2) is 17.4 Å². The minimum Gasteiger partial charge on any atom is -0.395 e. The zero-order valence-electron chi connectivity index (χ0n) is 6.57. The number of aromatic nitrogens is 2. The molecule has 1 aromatic heterocycles. The number of rotatable bonds is 3. The van der Waals surface area contributed by atoms with Crippen LogP contribution in [0, 0.1) is 0 Å². The van der Waals surface area contributed by atoms with Gasteiger partial charge in [-0.1, -0.05) is 18.5 Å². The summed E-state index contributed by atoms with van der Waals surface area (Å²) >= 11 is 7.12. The van der Waals surface area contributed by atoms with Crippen LogP contribution in [0.2, 0.25) is 5.15 Å². The van der Waals surface area contributed by atoms with E-state index < -0.39 is 0 Å². The van der Waals surface area contributed by atoms with Crippen LogP contribution >= 0.6 is 23.4 Å². The molecule has 0 saturated heterocycles. The second-order valence-corrected chi connectivity index (χ2v) is 4.14. The van der Waals surface area contributed by atoms with Gasteiger partial charge in [0.25, 0.3) is 0 Å². The standard InChI is InChI=1S/C7H9ClN2OS/c1-5(3-11)12-7-2-6(8)9-4-10-7/h2,4-5,11H,3H2,1H3. The van der Waals surface area contributed by atoms with Crippen molar-refractivity contribution in [3.05, 3.63) is 17.5 Å². The molecule has 0 aliphatic heterocycles. The van der Waals surface area contributed by atoms with Crippen molar-refractivity contribution in [2.24, 2.45) is 0 Å². The van der Waals surface area contributed by atoms with Crippen LogP contribution in [-0.4, -0.2) is 26.9 Å². The number of thioether (sulfide) groups is 1. The van der Waals surface area contributed by atoms with Gasteiger partial charge in [0.05, 0.1) is 6.61 Å². The lowest BCUT2D eigenvalue weighted by atomic mass is 10.5. The minimum atomic E-state index is 0.131. The van der Waals surface area contributed by atoms with E-state index in [9.17, 15) is 0 Å². The summed E-state index contributed by atoms with van der Waals surface area (Å²) < 4.78 is 0. The Labute approximate surface area is 80.2 Å². The molecule has 1 N–H and O–H groups in total. The fourth-order valence-corrected chi connectivity index (χ4v) is 1.61. The van der Waals surface area contributed by atoms with Crippen molar-refractivity contribution in [1.29, 1.82) is 0 Å². The van der Waals surface area contributed by atoms with Crippen molar-refractivity contribution in [3.8, 4) is 0 Å². The van der Waals surface area contributed by atoms with Gasteiger partial charge in [0.15, 0.2) is 0 Å². The van der Waals surface area contributed by atoms with E-state index in [2.05, 4.69) is 9.97 Å². The first-order chi connectivity index (χ1) is 5.72. The van der Waals surface area contributed by atoms with Crippen molar-refractivity contribution in [2.75, 3.05) is 6.61 Å². The molecule has 1 heterocycles. The van der Waals surface area contributed by atoms with Crippen molar-refractivity contribution in [3.63, 3.8) is 0 Å². The topological polar surface area (TPSA) is 46.0 Å². The molecule has 5 heteroatoms. The van der Waals surface area contributed by atoms with Crippen LogP contribution < -0.4 is 0 Å². The third kappa shape index (κ3) is 2.97. The van der Waals surface area contributed by atoms with E-state index in [0.29, 0.717) is 5.15 Å². The molecule has 1 aromatic rings. The normalized spacial score (nSPS) is 12.9. The van der Waals surface area contributed by atoms with Gasteiger partial charge in [0.1, 0.15) is 16.5 Å². The molecule has 0 bridgehead atoms. The van der Waals surface area contributed by atoms with E-state index in [0.717, 1.165) is 5.03 Å². The van der Waals surface area contributed by atoms with Gasteiger partial charge in [-0.15, -0.1) is 11.8 Å². The number of aliphatic hydroxyl groups is 1. The maximum atomic E-state index is 8.77. The SMILES string of the molecule is CC(CO)Sc1cc(Cl)ncn1. The van der Waals surface area contributed by atoms with E-state index >= 15 is 0 Å². The molecule has 0 aromatic carbocycles. The van der Waals surface area contributed by atoms with Crippen molar-refractivity contribution in [2.45, 2.75) is 17.2 Å². The van der Waals surface area contributed by atoms with Crippen LogP contribution in [0.4, 0.5) is 0 Å². The van der Waals surface area contributed by atoms with Crippen LogP contribution in [0.3, 0.4) is 0 Å². The predicted molar refractivity (Wildman–Crippen MR) is 49.4 cm³/mol. The number of hydrogen-bond acceptors (Lipinski definition) is 4. The van der Waals surface area contributed by atoms with E-state index in [1.807, 2.05) is 6.92 Å². The molecule has 0 saturated carbocycles. The second kappa shape index (κ2) is 4.64.